The van der Waals surface area contributed by atoms with Gasteiger partial charge in [0.2, 0.25) is 5.91 Å². The van der Waals surface area contributed by atoms with Crippen LogP contribution in [0.25, 0.3) is 0 Å². The average molecular weight is 303 g/mol. The van der Waals surface area contributed by atoms with Crippen molar-refractivity contribution in [2.75, 3.05) is 32.7 Å². The summed E-state index contributed by atoms with van der Waals surface area (Å²) in [6.07, 6.45) is 0.974. The van der Waals surface area contributed by atoms with Crippen molar-refractivity contribution in [3.63, 3.8) is 0 Å². The third-order valence-corrected chi connectivity index (χ3v) is 4.25. The van der Waals surface area contributed by atoms with Crippen LogP contribution in [0, 0.1) is 0 Å². The van der Waals surface area contributed by atoms with E-state index >= 15 is 0 Å². The van der Waals surface area contributed by atoms with Crippen LogP contribution in [0.5, 0.6) is 0 Å². The first-order chi connectivity index (χ1) is 10.7. The first-order valence-corrected chi connectivity index (χ1v) is 8.01. The van der Waals surface area contributed by atoms with Crippen LogP contribution < -0.4 is 5.32 Å². The van der Waals surface area contributed by atoms with E-state index in [4.69, 9.17) is 0 Å². The quantitative estimate of drug-likeness (QED) is 0.905. The number of nitrogens with zero attached hydrogens (tertiary/aromatic N) is 2. The predicted octanol–water partition coefficient (Wildman–Crippen LogP) is 2.05. The van der Waals surface area contributed by atoms with Gasteiger partial charge in [-0.25, -0.2) is 4.79 Å². The molecule has 0 bridgehead atoms. The van der Waals surface area contributed by atoms with Crippen molar-refractivity contribution in [3.8, 4) is 0 Å². The molecule has 0 aromatic heterocycles. The maximum absolute atomic E-state index is 12.2. The second-order valence-corrected chi connectivity index (χ2v) is 5.57. The van der Waals surface area contributed by atoms with E-state index in [0.29, 0.717) is 19.0 Å². The Morgan fingerprint density at radius 3 is 2.55 bits per heavy atom. The molecule has 0 radical (unpaired) electrons. The molecule has 1 aliphatic rings. The van der Waals surface area contributed by atoms with Gasteiger partial charge in [-0.15, -0.1) is 0 Å². The third kappa shape index (κ3) is 4.00. The van der Waals surface area contributed by atoms with Gasteiger partial charge in [-0.05, 0) is 25.8 Å². The molecular formula is C17H25N3O2. The van der Waals surface area contributed by atoms with Gasteiger partial charge in [-0.2, -0.15) is 0 Å². The molecule has 5 heteroatoms. The van der Waals surface area contributed by atoms with E-state index in [9.17, 15) is 9.59 Å². The fourth-order valence-electron chi connectivity index (χ4n) is 2.89. The Bertz CT molecular complexity index is 500. The Labute approximate surface area is 132 Å². The van der Waals surface area contributed by atoms with Gasteiger partial charge in [-0.3, -0.25) is 4.79 Å². The van der Waals surface area contributed by atoms with Crippen molar-refractivity contribution >= 4 is 11.9 Å². The molecule has 1 aromatic rings. The number of rotatable bonds is 5. The van der Waals surface area contributed by atoms with Crippen molar-refractivity contribution in [2.45, 2.75) is 26.2 Å². The minimum atomic E-state index is -0.140. The summed E-state index contributed by atoms with van der Waals surface area (Å²) >= 11 is 0. The normalized spacial score (nSPS) is 17.4. The van der Waals surface area contributed by atoms with Crippen LogP contribution in [0.15, 0.2) is 30.3 Å². The number of hydrogen-bond acceptors (Lipinski definition) is 2. The molecule has 0 aliphatic carbocycles. The number of carbonyl (C=O) groups is 2. The molecule has 1 saturated heterocycles. The van der Waals surface area contributed by atoms with Gasteiger partial charge in [0.05, 0.1) is 6.54 Å². The van der Waals surface area contributed by atoms with Crippen LogP contribution in [-0.2, 0) is 4.79 Å². The molecular weight excluding hydrogens is 278 g/mol. The number of amides is 3. The summed E-state index contributed by atoms with van der Waals surface area (Å²) in [5.74, 6) is 0.364. The summed E-state index contributed by atoms with van der Waals surface area (Å²) < 4.78 is 0. The highest BCUT2D eigenvalue weighted by Crippen LogP contribution is 2.26. The maximum atomic E-state index is 12.2. The second-order valence-electron chi connectivity index (χ2n) is 5.57. The van der Waals surface area contributed by atoms with Gasteiger partial charge >= 0.3 is 6.03 Å². The molecule has 22 heavy (non-hydrogen) atoms. The molecule has 0 spiro atoms. The van der Waals surface area contributed by atoms with Gasteiger partial charge in [0.25, 0.3) is 0 Å². The monoisotopic (exact) mass is 303 g/mol. The third-order valence-electron chi connectivity index (χ3n) is 4.25. The van der Waals surface area contributed by atoms with Gasteiger partial charge in [0.15, 0.2) is 0 Å². The Balaban J connectivity index is 1.81. The van der Waals surface area contributed by atoms with Gasteiger partial charge in [-0.1, -0.05) is 30.3 Å². The van der Waals surface area contributed by atoms with Crippen molar-refractivity contribution in [2.24, 2.45) is 0 Å². The van der Waals surface area contributed by atoms with Crippen LogP contribution in [0.4, 0.5) is 4.79 Å². The van der Waals surface area contributed by atoms with Crippen LogP contribution >= 0.6 is 0 Å². The van der Waals surface area contributed by atoms with E-state index in [-0.39, 0.29) is 18.5 Å². The molecule has 2 rings (SSSR count). The zero-order valence-corrected chi connectivity index (χ0v) is 13.4. The Kier molecular flexibility index (Phi) is 5.81. The Morgan fingerprint density at radius 2 is 1.91 bits per heavy atom. The fraction of sp³-hybridized carbons (Fsp3) is 0.529. The van der Waals surface area contributed by atoms with E-state index in [1.165, 1.54) is 5.56 Å². The largest absolute Gasteiger partial charge is 0.342 e. The molecule has 120 valence electrons. The molecule has 1 fully saturated rings. The minimum absolute atomic E-state index is 0.0304. The van der Waals surface area contributed by atoms with Crippen molar-refractivity contribution in [1.29, 1.82) is 0 Å². The maximum Gasteiger partial charge on any atom is 0.317 e. The number of nitrogens with one attached hydrogen (secondary N) is 1. The molecule has 1 N–H and O–H groups in total. The van der Waals surface area contributed by atoms with E-state index in [1.807, 2.05) is 32.0 Å². The summed E-state index contributed by atoms with van der Waals surface area (Å²) in [4.78, 5) is 27.6. The predicted molar refractivity (Wildman–Crippen MR) is 86.7 cm³/mol. The summed E-state index contributed by atoms with van der Waals surface area (Å²) in [6, 6.07) is 10.1. The standard InChI is InChI=1S/C17H25N3O2/c1-3-19(4-2)16(21)12-18-17(22)20-11-10-15(13-20)14-8-6-5-7-9-14/h5-9,15H,3-4,10-13H2,1-2H3,(H,18,22)/t15-/m0/s1. The average Bonchev–Trinajstić information content (AvgIpc) is 3.04. The number of benzene rings is 1. The van der Waals surface area contributed by atoms with Crippen molar-refractivity contribution < 1.29 is 9.59 Å². The molecule has 1 heterocycles. The SMILES string of the molecule is CCN(CC)C(=O)CNC(=O)N1CC[C@H](c2ccccc2)C1. The highest BCUT2D eigenvalue weighted by Gasteiger charge is 2.27. The fourth-order valence-corrected chi connectivity index (χ4v) is 2.89. The molecule has 3 amide bonds. The van der Waals surface area contributed by atoms with Crippen LogP contribution in [0.2, 0.25) is 0 Å². The molecule has 5 nitrogen and oxygen atoms in total. The topological polar surface area (TPSA) is 52.7 Å². The first-order valence-electron chi connectivity index (χ1n) is 8.01. The van der Waals surface area contributed by atoms with Crippen LogP contribution in [0.1, 0.15) is 31.7 Å². The first kappa shape index (κ1) is 16.3. The zero-order chi connectivity index (χ0) is 15.9. The van der Waals surface area contributed by atoms with Crippen molar-refractivity contribution in [3.05, 3.63) is 35.9 Å². The molecule has 1 atom stereocenters. The zero-order valence-electron chi connectivity index (χ0n) is 13.4. The molecule has 1 aromatic carbocycles. The lowest BCUT2D eigenvalue weighted by Crippen LogP contribution is -2.44. The highest BCUT2D eigenvalue weighted by molar-refractivity contribution is 5.84. The second kappa shape index (κ2) is 7.82. The summed E-state index contributed by atoms with van der Waals surface area (Å²) in [6.45, 7) is 6.76. The van der Waals surface area contributed by atoms with E-state index in [2.05, 4.69) is 17.4 Å². The Hall–Kier alpha value is -2.04. The Morgan fingerprint density at radius 1 is 1.23 bits per heavy atom. The molecule has 0 unspecified atom stereocenters. The van der Waals surface area contributed by atoms with E-state index < -0.39 is 0 Å². The summed E-state index contributed by atoms with van der Waals surface area (Å²) in [5, 5.41) is 2.74. The van der Waals surface area contributed by atoms with E-state index in [0.717, 1.165) is 19.5 Å². The number of likely N-dealkylation sites (tertiary alicyclic amines) is 1. The van der Waals surface area contributed by atoms with Crippen LogP contribution in [0.3, 0.4) is 0 Å². The number of urea groups is 1. The highest BCUT2D eigenvalue weighted by atomic mass is 16.2. The molecule has 1 aliphatic heterocycles. The number of likely N-dealkylation sites (N-methyl/N-ethyl adjacent to an activating group) is 1. The summed E-state index contributed by atoms with van der Waals surface area (Å²) in [5.41, 5.74) is 1.28. The van der Waals surface area contributed by atoms with Gasteiger partial charge in [0, 0.05) is 32.1 Å². The number of carbonyl (C=O) groups excluding carboxylic acids is 2. The van der Waals surface area contributed by atoms with Gasteiger partial charge in [0.1, 0.15) is 0 Å². The van der Waals surface area contributed by atoms with Crippen molar-refractivity contribution in [1.82, 2.24) is 15.1 Å². The minimum Gasteiger partial charge on any atom is -0.342 e. The number of hydrogen-bond donors (Lipinski definition) is 1. The lowest BCUT2D eigenvalue weighted by atomic mass is 9.99. The summed E-state index contributed by atoms with van der Waals surface area (Å²) in [7, 11) is 0. The van der Waals surface area contributed by atoms with Crippen LogP contribution in [-0.4, -0.2) is 54.5 Å². The van der Waals surface area contributed by atoms with E-state index in [1.54, 1.807) is 9.80 Å². The lowest BCUT2D eigenvalue weighted by molar-refractivity contribution is -0.129. The van der Waals surface area contributed by atoms with Gasteiger partial charge < -0.3 is 15.1 Å². The smallest absolute Gasteiger partial charge is 0.317 e. The molecule has 0 saturated carbocycles. The lowest BCUT2D eigenvalue weighted by Gasteiger charge is -2.21.